The summed E-state index contributed by atoms with van der Waals surface area (Å²) in [5, 5.41) is 2.52. The van der Waals surface area contributed by atoms with Crippen molar-refractivity contribution >= 4 is 29.8 Å². The van der Waals surface area contributed by atoms with Crippen molar-refractivity contribution < 1.29 is 74.3 Å². The topological polar surface area (TPSA) is 153 Å². The van der Waals surface area contributed by atoms with E-state index in [4.69, 9.17) is 23.7 Å². The number of ether oxygens (including phenoxy) is 6. The number of nitrogens with one attached hydrogen (secondary N) is 1. The van der Waals surface area contributed by atoms with Crippen LogP contribution in [0.4, 0.5) is 22.0 Å². The molecule has 1 aromatic carbocycles. The molecule has 1 amide bonds. The molecule has 0 aromatic heterocycles. The van der Waals surface area contributed by atoms with Gasteiger partial charge in [-0.15, -0.1) is 0 Å². The quantitative estimate of drug-likeness (QED) is 0.0653. The predicted octanol–water partition coefficient (Wildman–Crippen LogP) is 2.52. The summed E-state index contributed by atoms with van der Waals surface area (Å²) < 4.78 is 98.6. The van der Waals surface area contributed by atoms with Gasteiger partial charge in [0.15, 0.2) is 18.5 Å². The van der Waals surface area contributed by atoms with Gasteiger partial charge in [-0.05, 0) is 12.8 Å². The molecule has 1 saturated heterocycles. The van der Waals surface area contributed by atoms with Gasteiger partial charge >= 0.3 is 23.9 Å². The van der Waals surface area contributed by atoms with E-state index >= 15 is 0 Å². The zero-order valence-corrected chi connectivity index (χ0v) is 23.5. The van der Waals surface area contributed by atoms with Gasteiger partial charge in [0.2, 0.25) is 40.7 Å². The first kappa shape index (κ1) is 35.3. The first-order valence-electron chi connectivity index (χ1n) is 12.9. The second-order valence-corrected chi connectivity index (χ2v) is 9.27. The number of hydrogen-bond acceptors (Lipinski definition) is 11. The third-order valence-electron chi connectivity index (χ3n) is 5.76. The van der Waals surface area contributed by atoms with Gasteiger partial charge in [-0.2, -0.15) is 8.78 Å². The molecule has 1 aliphatic heterocycles. The Morgan fingerprint density at radius 2 is 1.30 bits per heavy atom. The number of rotatable bonds is 13. The highest BCUT2D eigenvalue weighted by Gasteiger charge is 2.51. The second kappa shape index (κ2) is 16.1. The van der Waals surface area contributed by atoms with Crippen LogP contribution >= 0.6 is 0 Å². The molecule has 0 aliphatic carbocycles. The van der Waals surface area contributed by atoms with E-state index in [1.807, 2.05) is 0 Å². The summed E-state index contributed by atoms with van der Waals surface area (Å²) in [7, 11) is 0. The average Bonchev–Trinajstić information content (AvgIpc) is 2.91. The van der Waals surface area contributed by atoms with Crippen LogP contribution in [-0.4, -0.2) is 73.6 Å². The number of hydrogen-bond donors (Lipinski definition) is 1. The maximum absolute atomic E-state index is 13.7. The van der Waals surface area contributed by atoms with Crippen molar-refractivity contribution in [3.05, 3.63) is 29.1 Å². The highest BCUT2D eigenvalue weighted by Crippen LogP contribution is 2.30. The maximum atomic E-state index is 13.7. The minimum Gasteiger partial charge on any atom is -0.463 e. The third-order valence-corrected chi connectivity index (χ3v) is 5.76. The van der Waals surface area contributed by atoms with Crippen molar-refractivity contribution in [2.75, 3.05) is 13.2 Å². The van der Waals surface area contributed by atoms with Gasteiger partial charge in [-0.1, -0.05) is 6.42 Å². The summed E-state index contributed by atoms with van der Waals surface area (Å²) >= 11 is 0. The Hall–Kier alpha value is -3.86. The second-order valence-electron chi connectivity index (χ2n) is 9.27. The molecule has 0 bridgehead atoms. The SMILES string of the molecule is CC(=O)NC1C(OCCCCCC(=O)Oc2c(F)c(F)c(F)c(F)c2F)OC(COC(C)=O)C(OC(C)=O)C1OC(C)=O. The van der Waals surface area contributed by atoms with Crippen LogP contribution in [0, 0.1) is 29.1 Å². The molecule has 0 saturated carbocycles. The highest BCUT2D eigenvalue weighted by atomic mass is 19.2. The number of unbranched alkanes of at least 4 members (excludes halogenated alkanes) is 2. The number of benzene rings is 1. The minimum absolute atomic E-state index is 0.0535. The number of carbonyl (C=O) groups is 5. The lowest BCUT2D eigenvalue weighted by molar-refractivity contribution is -0.277. The molecule has 1 N–H and O–H groups in total. The minimum atomic E-state index is -2.39. The fourth-order valence-corrected chi connectivity index (χ4v) is 4.02. The molecule has 5 atom stereocenters. The molecular weight excluding hydrogens is 597 g/mol. The number of esters is 4. The van der Waals surface area contributed by atoms with Crippen LogP contribution in [0.5, 0.6) is 5.75 Å². The van der Waals surface area contributed by atoms with Crippen LogP contribution < -0.4 is 10.1 Å². The highest BCUT2D eigenvalue weighted by molar-refractivity contribution is 5.74. The van der Waals surface area contributed by atoms with Crippen molar-refractivity contribution in [3.8, 4) is 5.75 Å². The monoisotopic (exact) mass is 627 g/mol. The van der Waals surface area contributed by atoms with Gasteiger partial charge in [0.05, 0.1) is 0 Å². The van der Waals surface area contributed by atoms with Crippen LogP contribution in [-0.2, 0) is 47.7 Å². The Kier molecular flexibility index (Phi) is 13.2. The van der Waals surface area contributed by atoms with E-state index in [2.05, 4.69) is 10.1 Å². The van der Waals surface area contributed by atoms with Crippen molar-refractivity contribution in [3.63, 3.8) is 0 Å². The fraction of sp³-hybridized carbons (Fsp3) is 0.577. The Morgan fingerprint density at radius 3 is 1.84 bits per heavy atom. The summed E-state index contributed by atoms with van der Waals surface area (Å²) in [6, 6.07) is -1.18. The molecule has 5 unspecified atom stereocenters. The van der Waals surface area contributed by atoms with Crippen LogP contribution in [0.3, 0.4) is 0 Å². The van der Waals surface area contributed by atoms with Crippen molar-refractivity contribution in [2.45, 2.75) is 84.0 Å². The Balaban J connectivity index is 2.03. The van der Waals surface area contributed by atoms with Crippen LogP contribution in [0.15, 0.2) is 0 Å². The van der Waals surface area contributed by atoms with Crippen molar-refractivity contribution in [1.82, 2.24) is 5.32 Å². The van der Waals surface area contributed by atoms with Gasteiger partial charge in [0.1, 0.15) is 18.8 Å². The van der Waals surface area contributed by atoms with E-state index in [-0.39, 0.29) is 25.9 Å². The van der Waals surface area contributed by atoms with Gasteiger partial charge in [0.25, 0.3) is 0 Å². The largest absolute Gasteiger partial charge is 0.463 e. The first-order valence-corrected chi connectivity index (χ1v) is 12.9. The number of amides is 1. The number of halogens is 5. The summed E-state index contributed by atoms with van der Waals surface area (Å²) in [5.74, 6) is -17.3. The zero-order valence-electron chi connectivity index (χ0n) is 23.5. The smallest absolute Gasteiger partial charge is 0.311 e. The van der Waals surface area contributed by atoms with Gasteiger partial charge in [0, 0.05) is 40.7 Å². The van der Waals surface area contributed by atoms with Gasteiger partial charge in [-0.25, -0.2) is 13.2 Å². The molecule has 1 heterocycles. The average molecular weight is 628 g/mol. The van der Waals surface area contributed by atoms with Crippen molar-refractivity contribution in [2.24, 2.45) is 0 Å². The Bertz CT molecular complexity index is 1190. The maximum Gasteiger partial charge on any atom is 0.311 e. The molecule has 2 rings (SSSR count). The standard InChI is InChI=1S/C26H30F5NO11/c1-11(33)32-22-25(41-14(4)36)23(40-13(3)35)15(10-39-12(2)34)42-26(22)38-9-7-5-6-8-16(37)43-24-20(30)18(28)17(27)19(29)21(24)31/h15,22-23,25-26H,5-10H2,1-4H3,(H,32,33). The normalized spacial score (nSPS) is 21.5. The van der Waals surface area contributed by atoms with E-state index < -0.39 is 108 Å². The molecule has 0 spiro atoms. The van der Waals surface area contributed by atoms with E-state index in [1.165, 1.54) is 6.92 Å². The lowest BCUT2D eigenvalue weighted by Crippen LogP contribution is -2.66. The lowest BCUT2D eigenvalue weighted by Gasteiger charge is -2.44. The van der Waals surface area contributed by atoms with E-state index in [0.717, 1.165) is 20.8 Å². The summed E-state index contributed by atoms with van der Waals surface area (Å²) in [4.78, 5) is 58.9. The third kappa shape index (κ3) is 10.1. The van der Waals surface area contributed by atoms with Crippen LogP contribution in [0.2, 0.25) is 0 Å². The molecule has 43 heavy (non-hydrogen) atoms. The molecule has 1 aliphatic rings. The molecular formula is C26H30F5NO11. The van der Waals surface area contributed by atoms with Crippen molar-refractivity contribution in [1.29, 1.82) is 0 Å². The molecule has 0 radical (unpaired) electrons. The molecule has 240 valence electrons. The summed E-state index contributed by atoms with van der Waals surface area (Å²) in [6.45, 7) is 3.95. The first-order chi connectivity index (χ1) is 20.1. The summed E-state index contributed by atoms with van der Waals surface area (Å²) in [5.41, 5.74) is 0. The number of carbonyl (C=O) groups excluding carboxylic acids is 5. The van der Waals surface area contributed by atoms with E-state index in [0.29, 0.717) is 0 Å². The fourth-order valence-electron chi connectivity index (χ4n) is 4.02. The summed E-state index contributed by atoms with van der Waals surface area (Å²) in [6.07, 6.45) is -5.03. The van der Waals surface area contributed by atoms with E-state index in [9.17, 15) is 45.9 Å². The predicted molar refractivity (Wildman–Crippen MR) is 130 cm³/mol. The Morgan fingerprint density at radius 1 is 0.744 bits per heavy atom. The molecule has 12 nitrogen and oxygen atoms in total. The lowest BCUT2D eigenvalue weighted by atomic mass is 9.96. The zero-order chi connectivity index (χ0) is 32.4. The molecule has 1 fully saturated rings. The van der Waals surface area contributed by atoms with Gasteiger partial charge < -0.3 is 33.7 Å². The van der Waals surface area contributed by atoms with Crippen LogP contribution in [0.25, 0.3) is 0 Å². The molecule has 1 aromatic rings. The molecule has 17 heteroatoms. The Labute approximate surface area is 242 Å². The van der Waals surface area contributed by atoms with E-state index in [1.54, 1.807) is 0 Å². The van der Waals surface area contributed by atoms with Gasteiger partial charge in [-0.3, -0.25) is 24.0 Å². The van der Waals surface area contributed by atoms with Crippen LogP contribution in [0.1, 0.15) is 53.4 Å².